The molecule has 3 nitrogen and oxygen atoms in total. The molecule has 1 heterocycles. The second-order valence-corrected chi connectivity index (χ2v) is 5.08. The molecular weight excluding hydrogens is 232 g/mol. The van der Waals surface area contributed by atoms with Crippen molar-refractivity contribution in [2.24, 2.45) is 0 Å². The summed E-state index contributed by atoms with van der Waals surface area (Å²) in [4.78, 5) is 4.44. The standard InChI is InChI=1S/C13H16N2OS/c1-9(12-8-17-10(2)15-12)14-7-11-5-3-4-6-13(11)16/h3-6,8-9,14,16H,7H2,1-2H3. The van der Waals surface area contributed by atoms with Crippen molar-refractivity contribution in [3.8, 4) is 5.75 Å². The smallest absolute Gasteiger partial charge is 0.120 e. The van der Waals surface area contributed by atoms with E-state index in [9.17, 15) is 5.11 Å². The van der Waals surface area contributed by atoms with Crippen LogP contribution in [0, 0.1) is 6.92 Å². The molecule has 0 aliphatic rings. The van der Waals surface area contributed by atoms with E-state index in [4.69, 9.17) is 0 Å². The molecule has 2 N–H and O–H groups in total. The Balaban J connectivity index is 1.97. The molecular formula is C13H16N2OS. The predicted octanol–water partition coefficient (Wildman–Crippen LogP) is 3.01. The molecule has 17 heavy (non-hydrogen) atoms. The Labute approximate surface area is 105 Å². The van der Waals surface area contributed by atoms with Crippen LogP contribution in [0.3, 0.4) is 0 Å². The minimum atomic E-state index is 0.194. The van der Waals surface area contributed by atoms with Crippen molar-refractivity contribution in [1.29, 1.82) is 0 Å². The molecule has 0 saturated carbocycles. The number of rotatable bonds is 4. The SMILES string of the molecule is Cc1nc(C(C)NCc2ccccc2O)cs1. The zero-order valence-electron chi connectivity index (χ0n) is 9.97. The molecule has 0 spiro atoms. The van der Waals surface area contributed by atoms with Gasteiger partial charge in [0.05, 0.1) is 10.7 Å². The van der Waals surface area contributed by atoms with Crippen molar-refractivity contribution in [1.82, 2.24) is 10.3 Å². The van der Waals surface area contributed by atoms with Gasteiger partial charge in [-0.15, -0.1) is 11.3 Å². The van der Waals surface area contributed by atoms with E-state index >= 15 is 0 Å². The van der Waals surface area contributed by atoms with Crippen LogP contribution in [0.2, 0.25) is 0 Å². The number of para-hydroxylation sites is 1. The summed E-state index contributed by atoms with van der Waals surface area (Å²) in [7, 11) is 0. The third-order valence-corrected chi connectivity index (χ3v) is 3.46. The Morgan fingerprint density at radius 2 is 2.18 bits per heavy atom. The molecule has 90 valence electrons. The van der Waals surface area contributed by atoms with Gasteiger partial charge in [0, 0.05) is 23.5 Å². The molecule has 0 fully saturated rings. The number of aryl methyl sites for hydroxylation is 1. The molecule has 0 saturated heterocycles. The van der Waals surface area contributed by atoms with Crippen molar-refractivity contribution in [2.75, 3.05) is 0 Å². The van der Waals surface area contributed by atoms with E-state index in [-0.39, 0.29) is 6.04 Å². The molecule has 2 rings (SSSR count). The van der Waals surface area contributed by atoms with Crippen molar-refractivity contribution in [3.63, 3.8) is 0 Å². The third-order valence-electron chi connectivity index (χ3n) is 2.67. The molecule has 4 heteroatoms. The molecule has 0 amide bonds. The maximum absolute atomic E-state index is 9.64. The Kier molecular flexibility index (Phi) is 3.76. The number of thiazole rings is 1. The summed E-state index contributed by atoms with van der Waals surface area (Å²) in [6.45, 7) is 4.73. The first-order chi connectivity index (χ1) is 8.16. The number of hydrogen-bond donors (Lipinski definition) is 2. The summed E-state index contributed by atoms with van der Waals surface area (Å²) in [5, 5.41) is 16.1. The van der Waals surface area contributed by atoms with Crippen LogP contribution < -0.4 is 5.32 Å². The molecule has 1 aromatic heterocycles. The first kappa shape index (κ1) is 12.1. The summed E-state index contributed by atoms with van der Waals surface area (Å²) in [5.74, 6) is 0.335. The molecule has 0 bridgehead atoms. The van der Waals surface area contributed by atoms with E-state index in [0.29, 0.717) is 12.3 Å². The number of aromatic hydroxyl groups is 1. The Morgan fingerprint density at radius 3 is 2.82 bits per heavy atom. The largest absolute Gasteiger partial charge is 0.508 e. The average molecular weight is 248 g/mol. The Hall–Kier alpha value is -1.39. The topological polar surface area (TPSA) is 45.2 Å². The van der Waals surface area contributed by atoms with E-state index in [1.807, 2.05) is 25.1 Å². The lowest BCUT2D eigenvalue weighted by molar-refractivity contribution is 0.459. The number of hydrogen-bond acceptors (Lipinski definition) is 4. The second-order valence-electron chi connectivity index (χ2n) is 4.02. The normalized spacial score (nSPS) is 12.6. The van der Waals surface area contributed by atoms with E-state index in [0.717, 1.165) is 16.3 Å². The van der Waals surface area contributed by atoms with E-state index in [2.05, 4.69) is 22.6 Å². The van der Waals surface area contributed by atoms with Crippen LogP contribution in [0.15, 0.2) is 29.6 Å². The molecule has 0 aliphatic heterocycles. The zero-order chi connectivity index (χ0) is 12.3. The lowest BCUT2D eigenvalue weighted by Gasteiger charge is -2.12. The highest BCUT2D eigenvalue weighted by Crippen LogP contribution is 2.19. The van der Waals surface area contributed by atoms with Gasteiger partial charge in [0.15, 0.2) is 0 Å². The van der Waals surface area contributed by atoms with Crippen molar-refractivity contribution in [2.45, 2.75) is 26.4 Å². The van der Waals surface area contributed by atoms with Gasteiger partial charge >= 0.3 is 0 Å². The van der Waals surface area contributed by atoms with Crippen LogP contribution in [0.1, 0.15) is 29.2 Å². The molecule has 0 aliphatic carbocycles. The van der Waals surface area contributed by atoms with Crippen molar-refractivity contribution < 1.29 is 5.11 Å². The summed E-state index contributed by atoms with van der Waals surface area (Å²) < 4.78 is 0. The van der Waals surface area contributed by atoms with Crippen LogP contribution in [0.25, 0.3) is 0 Å². The van der Waals surface area contributed by atoms with Crippen molar-refractivity contribution in [3.05, 3.63) is 45.9 Å². The first-order valence-electron chi connectivity index (χ1n) is 5.59. The van der Waals surface area contributed by atoms with Gasteiger partial charge in [-0.3, -0.25) is 0 Å². The summed E-state index contributed by atoms with van der Waals surface area (Å²) in [6, 6.07) is 7.57. The van der Waals surface area contributed by atoms with Crippen LogP contribution in [0.4, 0.5) is 0 Å². The van der Waals surface area contributed by atoms with Crippen LogP contribution in [-0.4, -0.2) is 10.1 Å². The highest BCUT2D eigenvalue weighted by atomic mass is 32.1. The fourth-order valence-electron chi connectivity index (χ4n) is 1.61. The second kappa shape index (κ2) is 5.29. The fourth-order valence-corrected chi connectivity index (χ4v) is 2.31. The highest BCUT2D eigenvalue weighted by molar-refractivity contribution is 7.09. The highest BCUT2D eigenvalue weighted by Gasteiger charge is 2.09. The van der Waals surface area contributed by atoms with E-state index < -0.39 is 0 Å². The van der Waals surface area contributed by atoms with Crippen LogP contribution in [-0.2, 0) is 6.54 Å². The summed E-state index contributed by atoms with van der Waals surface area (Å²) >= 11 is 1.66. The van der Waals surface area contributed by atoms with Gasteiger partial charge in [0.1, 0.15) is 5.75 Å². The van der Waals surface area contributed by atoms with Gasteiger partial charge in [-0.2, -0.15) is 0 Å². The third kappa shape index (κ3) is 3.05. The molecule has 1 atom stereocenters. The van der Waals surface area contributed by atoms with Gasteiger partial charge in [-0.05, 0) is 19.9 Å². The number of nitrogens with zero attached hydrogens (tertiary/aromatic N) is 1. The monoisotopic (exact) mass is 248 g/mol. The first-order valence-corrected chi connectivity index (χ1v) is 6.47. The molecule has 0 radical (unpaired) electrons. The summed E-state index contributed by atoms with van der Waals surface area (Å²) in [5.41, 5.74) is 1.97. The number of nitrogens with one attached hydrogen (secondary N) is 1. The minimum Gasteiger partial charge on any atom is -0.508 e. The predicted molar refractivity (Wildman–Crippen MR) is 70.2 cm³/mol. The molecule has 1 aromatic carbocycles. The van der Waals surface area contributed by atoms with Crippen molar-refractivity contribution >= 4 is 11.3 Å². The van der Waals surface area contributed by atoms with E-state index in [1.165, 1.54) is 0 Å². The Morgan fingerprint density at radius 1 is 1.41 bits per heavy atom. The van der Waals surface area contributed by atoms with E-state index in [1.54, 1.807) is 17.4 Å². The number of phenolic OH excluding ortho intramolecular Hbond substituents is 1. The lowest BCUT2D eigenvalue weighted by atomic mass is 10.2. The molecule has 2 aromatic rings. The van der Waals surface area contributed by atoms with Gasteiger partial charge in [0.25, 0.3) is 0 Å². The molecule has 1 unspecified atom stereocenters. The number of benzene rings is 1. The average Bonchev–Trinajstić information content (AvgIpc) is 2.74. The van der Waals surface area contributed by atoms with Crippen LogP contribution >= 0.6 is 11.3 Å². The Bertz CT molecular complexity index is 496. The quantitative estimate of drug-likeness (QED) is 0.874. The van der Waals surface area contributed by atoms with Gasteiger partial charge in [-0.25, -0.2) is 4.98 Å². The van der Waals surface area contributed by atoms with Gasteiger partial charge in [-0.1, -0.05) is 18.2 Å². The lowest BCUT2D eigenvalue weighted by Crippen LogP contribution is -2.18. The van der Waals surface area contributed by atoms with Gasteiger partial charge in [0.2, 0.25) is 0 Å². The summed E-state index contributed by atoms with van der Waals surface area (Å²) in [6.07, 6.45) is 0. The minimum absolute atomic E-state index is 0.194. The zero-order valence-corrected chi connectivity index (χ0v) is 10.8. The van der Waals surface area contributed by atoms with Crippen LogP contribution in [0.5, 0.6) is 5.75 Å². The maximum Gasteiger partial charge on any atom is 0.120 e. The number of phenols is 1. The number of aromatic nitrogens is 1. The maximum atomic E-state index is 9.64. The van der Waals surface area contributed by atoms with Gasteiger partial charge < -0.3 is 10.4 Å². The fraction of sp³-hybridized carbons (Fsp3) is 0.308.